The summed E-state index contributed by atoms with van der Waals surface area (Å²) >= 11 is 3.50. The molecule has 5 heteroatoms. The fourth-order valence-electron chi connectivity index (χ4n) is 2.29. The van der Waals surface area contributed by atoms with Crippen LogP contribution in [0.25, 0.3) is 0 Å². The first-order valence-electron chi connectivity index (χ1n) is 6.63. The monoisotopic (exact) mass is 343 g/mol. The predicted molar refractivity (Wildman–Crippen MR) is 79.2 cm³/mol. The molecular weight excluding hydrogens is 325 g/mol. The molecule has 0 atom stereocenters. The van der Waals surface area contributed by atoms with E-state index in [2.05, 4.69) is 15.9 Å². The Morgan fingerprint density at radius 1 is 1.40 bits per heavy atom. The zero-order valence-electron chi connectivity index (χ0n) is 12.2. The Bertz CT molecular complexity index is 552. The zero-order chi connectivity index (χ0) is 15.1. The van der Waals surface area contributed by atoms with Gasteiger partial charge >= 0.3 is 6.09 Å². The normalized spacial score (nSPS) is 15.0. The Morgan fingerprint density at radius 3 is 2.65 bits per heavy atom. The second-order valence-electron chi connectivity index (χ2n) is 6.10. The van der Waals surface area contributed by atoms with E-state index in [0.29, 0.717) is 18.5 Å². The second kappa shape index (κ2) is 5.35. The van der Waals surface area contributed by atoms with Crippen molar-refractivity contribution in [2.45, 2.75) is 46.3 Å². The van der Waals surface area contributed by atoms with Crippen molar-refractivity contribution in [2.75, 3.05) is 6.54 Å². The van der Waals surface area contributed by atoms with Crippen molar-refractivity contribution in [3.8, 4) is 0 Å². The van der Waals surface area contributed by atoms with E-state index in [1.807, 2.05) is 27.7 Å². The molecular formula is C15H19BrFNO2. The topological polar surface area (TPSA) is 29.5 Å². The lowest BCUT2D eigenvalue weighted by atomic mass is 9.97. The van der Waals surface area contributed by atoms with E-state index in [9.17, 15) is 9.18 Å². The molecule has 2 rings (SSSR count). The highest BCUT2D eigenvalue weighted by atomic mass is 79.9. The molecule has 0 radical (unpaired) electrons. The van der Waals surface area contributed by atoms with Gasteiger partial charge in [0.05, 0.1) is 6.54 Å². The number of carbonyl (C=O) groups is 1. The first-order chi connectivity index (χ1) is 9.19. The van der Waals surface area contributed by atoms with Crippen molar-refractivity contribution in [1.29, 1.82) is 0 Å². The van der Waals surface area contributed by atoms with Crippen molar-refractivity contribution in [1.82, 2.24) is 4.90 Å². The highest BCUT2D eigenvalue weighted by molar-refractivity contribution is 9.10. The number of hydrogen-bond donors (Lipinski definition) is 0. The van der Waals surface area contributed by atoms with E-state index in [0.717, 1.165) is 15.6 Å². The molecule has 0 saturated heterocycles. The molecule has 0 fully saturated rings. The minimum atomic E-state index is -0.538. The van der Waals surface area contributed by atoms with Crippen LogP contribution in [-0.2, 0) is 17.7 Å². The Balaban J connectivity index is 2.24. The van der Waals surface area contributed by atoms with Gasteiger partial charge in [0, 0.05) is 16.6 Å². The maximum absolute atomic E-state index is 14.1. The molecule has 1 heterocycles. The Hall–Kier alpha value is -1.10. The molecule has 0 bridgehead atoms. The van der Waals surface area contributed by atoms with Crippen LogP contribution in [0.4, 0.5) is 9.18 Å². The number of fused-ring (bicyclic) bond motifs is 1. The molecule has 0 aromatic heterocycles. The third kappa shape index (κ3) is 3.14. The Kier molecular flexibility index (Phi) is 4.09. The summed E-state index contributed by atoms with van der Waals surface area (Å²) < 4.78 is 20.4. The average Bonchev–Trinajstić information content (AvgIpc) is 2.33. The Labute approximate surface area is 127 Å². The molecule has 0 unspecified atom stereocenters. The molecule has 20 heavy (non-hydrogen) atoms. The van der Waals surface area contributed by atoms with Crippen LogP contribution in [0, 0.1) is 12.7 Å². The van der Waals surface area contributed by atoms with Crippen LogP contribution in [-0.4, -0.2) is 23.1 Å². The highest BCUT2D eigenvalue weighted by Gasteiger charge is 2.28. The van der Waals surface area contributed by atoms with Gasteiger partial charge in [-0.1, -0.05) is 15.9 Å². The molecule has 3 nitrogen and oxygen atoms in total. The molecule has 1 aliphatic heterocycles. The number of rotatable bonds is 0. The van der Waals surface area contributed by atoms with Gasteiger partial charge in [-0.3, -0.25) is 0 Å². The van der Waals surface area contributed by atoms with Gasteiger partial charge in [-0.2, -0.15) is 0 Å². The summed E-state index contributed by atoms with van der Waals surface area (Å²) in [7, 11) is 0. The quantitative estimate of drug-likeness (QED) is 0.706. The van der Waals surface area contributed by atoms with E-state index in [1.165, 1.54) is 6.07 Å². The summed E-state index contributed by atoms with van der Waals surface area (Å²) in [6, 6.07) is 1.50. The molecule has 1 amide bonds. The van der Waals surface area contributed by atoms with E-state index < -0.39 is 5.60 Å². The lowest BCUT2D eigenvalue weighted by Gasteiger charge is -2.32. The van der Waals surface area contributed by atoms with Crippen LogP contribution in [0.2, 0.25) is 0 Å². The summed E-state index contributed by atoms with van der Waals surface area (Å²) in [4.78, 5) is 13.6. The van der Waals surface area contributed by atoms with Crippen molar-refractivity contribution in [2.24, 2.45) is 0 Å². The van der Waals surface area contributed by atoms with Gasteiger partial charge in [-0.15, -0.1) is 0 Å². The van der Waals surface area contributed by atoms with E-state index in [1.54, 1.807) is 4.90 Å². The van der Waals surface area contributed by atoms with Crippen molar-refractivity contribution in [3.05, 3.63) is 33.0 Å². The summed E-state index contributed by atoms with van der Waals surface area (Å²) in [5.41, 5.74) is 1.89. The number of ether oxygens (including phenoxy) is 1. The number of halogens is 2. The summed E-state index contributed by atoms with van der Waals surface area (Å²) in [6.45, 7) is 8.14. The molecule has 1 aromatic carbocycles. The van der Waals surface area contributed by atoms with Crippen molar-refractivity contribution < 1.29 is 13.9 Å². The summed E-state index contributed by atoms with van der Waals surface area (Å²) in [6.07, 6.45) is 0.243. The number of benzene rings is 1. The van der Waals surface area contributed by atoms with Gasteiger partial charge < -0.3 is 9.64 Å². The smallest absolute Gasteiger partial charge is 0.410 e. The largest absolute Gasteiger partial charge is 0.444 e. The molecule has 1 aliphatic rings. The van der Waals surface area contributed by atoms with E-state index in [4.69, 9.17) is 4.74 Å². The lowest BCUT2D eigenvalue weighted by molar-refractivity contribution is 0.0221. The minimum absolute atomic E-state index is 0.256. The van der Waals surface area contributed by atoms with Crippen molar-refractivity contribution >= 4 is 22.0 Å². The number of hydrogen-bond acceptors (Lipinski definition) is 2. The maximum Gasteiger partial charge on any atom is 0.410 e. The number of nitrogens with zero attached hydrogens (tertiary/aromatic N) is 1. The predicted octanol–water partition coefficient (Wildman–Crippen LogP) is 4.19. The molecule has 0 aliphatic carbocycles. The summed E-state index contributed by atoms with van der Waals surface area (Å²) in [5.74, 6) is -0.256. The third-order valence-corrected chi connectivity index (χ3v) is 4.34. The molecule has 0 N–H and O–H groups in total. The Morgan fingerprint density at radius 2 is 2.05 bits per heavy atom. The van der Waals surface area contributed by atoms with Gasteiger partial charge in [0.15, 0.2) is 0 Å². The van der Waals surface area contributed by atoms with E-state index >= 15 is 0 Å². The highest BCUT2D eigenvalue weighted by Crippen LogP contribution is 2.32. The number of amides is 1. The standard InChI is InChI=1S/C15H19BrFNO2/c1-9-7-12(17)11-8-18(6-5-10(11)13(9)16)14(19)20-15(2,3)4/h7H,5-6,8H2,1-4H3. The van der Waals surface area contributed by atoms with Gasteiger partial charge in [-0.05, 0) is 51.3 Å². The zero-order valence-corrected chi connectivity index (χ0v) is 13.8. The molecule has 0 spiro atoms. The van der Waals surface area contributed by atoms with Gasteiger partial charge in [0.25, 0.3) is 0 Å². The minimum Gasteiger partial charge on any atom is -0.444 e. The fourth-order valence-corrected chi connectivity index (χ4v) is 2.84. The van der Waals surface area contributed by atoms with Crippen LogP contribution >= 0.6 is 15.9 Å². The molecule has 0 saturated carbocycles. The van der Waals surface area contributed by atoms with Crippen LogP contribution in [0.5, 0.6) is 0 Å². The van der Waals surface area contributed by atoms with Crippen LogP contribution in [0.1, 0.15) is 37.5 Å². The van der Waals surface area contributed by atoms with Crippen LogP contribution in [0.15, 0.2) is 10.5 Å². The maximum atomic E-state index is 14.1. The first kappa shape index (κ1) is 15.3. The number of aryl methyl sites for hydroxylation is 1. The second-order valence-corrected chi connectivity index (χ2v) is 6.89. The summed E-state index contributed by atoms with van der Waals surface area (Å²) in [5, 5.41) is 0. The van der Waals surface area contributed by atoms with Gasteiger partial charge in [0.2, 0.25) is 0 Å². The van der Waals surface area contributed by atoms with Crippen molar-refractivity contribution in [3.63, 3.8) is 0 Å². The third-order valence-electron chi connectivity index (χ3n) is 3.24. The fraction of sp³-hybridized carbons (Fsp3) is 0.533. The SMILES string of the molecule is Cc1cc(F)c2c(c1Br)CCN(C(=O)OC(C)(C)C)C2. The van der Waals surface area contributed by atoms with Gasteiger partial charge in [0.1, 0.15) is 11.4 Å². The van der Waals surface area contributed by atoms with Crippen LogP contribution < -0.4 is 0 Å². The molecule has 1 aromatic rings. The number of carbonyl (C=O) groups excluding carboxylic acids is 1. The lowest BCUT2D eigenvalue weighted by Crippen LogP contribution is -2.40. The average molecular weight is 344 g/mol. The van der Waals surface area contributed by atoms with E-state index in [-0.39, 0.29) is 18.5 Å². The van der Waals surface area contributed by atoms with Crippen LogP contribution in [0.3, 0.4) is 0 Å². The first-order valence-corrected chi connectivity index (χ1v) is 7.42. The van der Waals surface area contributed by atoms with Gasteiger partial charge in [-0.25, -0.2) is 9.18 Å². The molecule has 110 valence electrons.